The van der Waals surface area contributed by atoms with Gasteiger partial charge in [0.2, 0.25) is 0 Å². The largest absolute Gasteiger partial charge is 0.368 e. The zero-order valence-electron chi connectivity index (χ0n) is 16.8. The number of aromatic nitrogens is 3. The number of carbonyl (C=O) groups excluding carboxylic acids is 1. The normalized spacial score (nSPS) is 16.1. The predicted molar refractivity (Wildman–Crippen MR) is 119 cm³/mol. The minimum absolute atomic E-state index is 0.0632. The number of halogens is 1. The average Bonchev–Trinajstić information content (AvgIpc) is 3.39. The van der Waals surface area contributed by atoms with Crippen LogP contribution in [0.5, 0.6) is 0 Å². The molecule has 1 aromatic carbocycles. The Morgan fingerprint density at radius 2 is 2.10 bits per heavy atom. The Morgan fingerprint density at radius 3 is 2.87 bits per heavy atom. The van der Waals surface area contributed by atoms with Gasteiger partial charge in [-0.15, -0.1) is 11.3 Å². The summed E-state index contributed by atoms with van der Waals surface area (Å²) < 4.78 is 13.3. The first kappa shape index (κ1) is 20.7. The molecule has 9 heteroatoms. The van der Waals surface area contributed by atoms with Gasteiger partial charge in [0.25, 0.3) is 5.91 Å². The number of rotatable bonds is 6. The number of hydrogen-bond donors (Lipinski definition) is 1. The summed E-state index contributed by atoms with van der Waals surface area (Å²) in [5.74, 6) is 0.383. The van der Waals surface area contributed by atoms with Crippen LogP contribution in [0.2, 0.25) is 0 Å². The first-order valence-corrected chi connectivity index (χ1v) is 11.7. The minimum Gasteiger partial charge on any atom is -0.368 e. The number of carbonyl (C=O) groups is 1. The zero-order valence-corrected chi connectivity index (χ0v) is 18.4. The van der Waals surface area contributed by atoms with E-state index in [1.54, 1.807) is 18.3 Å². The number of thioether (sulfide) groups is 1. The number of benzene rings is 1. The molecule has 6 nitrogen and oxygen atoms in total. The molecular weight excluding hydrogens is 421 g/mol. The molecular formula is C21H22FN5OS2. The summed E-state index contributed by atoms with van der Waals surface area (Å²) in [6, 6.07) is 8.10. The number of aryl methyl sites for hydroxylation is 1. The lowest BCUT2D eigenvalue weighted by atomic mass is 10.1. The highest BCUT2D eigenvalue weighted by Crippen LogP contribution is 2.32. The monoisotopic (exact) mass is 443 g/mol. The highest BCUT2D eigenvalue weighted by molar-refractivity contribution is 7.98. The fourth-order valence-electron chi connectivity index (χ4n) is 3.58. The molecule has 30 heavy (non-hydrogen) atoms. The molecule has 0 saturated carbocycles. The van der Waals surface area contributed by atoms with Crippen LogP contribution >= 0.6 is 23.1 Å². The van der Waals surface area contributed by atoms with Gasteiger partial charge in [-0.2, -0.15) is 0 Å². The second-order valence-corrected chi connectivity index (χ2v) is 9.00. The van der Waals surface area contributed by atoms with E-state index >= 15 is 0 Å². The molecule has 1 fully saturated rings. The number of hydrogen-bond acceptors (Lipinski definition) is 7. The maximum Gasteiger partial charge on any atom is 0.274 e. The zero-order chi connectivity index (χ0) is 21.1. The van der Waals surface area contributed by atoms with Crippen LogP contribution in [0.4, 0.5) is 10.2 Å². The summed E-state index contributed by atoms with van der Waals surface area (Å²) >= 11 is 2.95. The molecule has 0 unspecified atom stereocenters. The fourth-order valence-corrected chi connectivity index (χ4v) is 4.85. The van der Waals surface area contributed by atoms with Crippen LogP contribution in [0.25, 0.3) is 10.4 Å². The van der Waals surface area contributed by atoms with Gasteiger partial charge in [0.05, 0.1) is 9.88 Å². The van der Waals surface area contributed by atoms with Crippen LogP contribution in [-0.2, 0) is 0 Å². The Kier molecular flexibility index (Phi) is 6.29. The van der Waals surface area contributed by atoms with E-state index in [1.807, 2.05) is 24.1 Å². The third-order valence-electron chi connectivity index (χ3n) is 5.02. The van der Waals surface area contributed by atoms with Crippen molar-refractivity contribution in [2.45, 2.75) is 31.0 Å². The molecule has 0 spiro atoms. The van der Waals surface area contributed by atoms with Gasteiger partial charge in [-0.05, 0) is 49.8 Å². The van der Waals surface area contributed by atoms with Crippen molar-refractivity contribution in [3.63, 3.8) is 0 Å². The molecule has 1 saturated heterocycles. The van der Waals surface area contributed by atoms with Gasteiger partial charge in [-0.1, -0.05) is 23.9 Å². The Balaban J connectivity index is 1.52. The summed E-state index contributed by atoms with van der Waals surface area (Å²) in [5.41, 5.74) is 1.26. The van der Waals surface area contributed by atoms with Crippen LogP contribution in [0, 0.1) is 12.7 Å². The van der Waals surface area contributed by atoms with Crippen molar-refractivity contribution in [1.29, 1.82) is 0 Å². The second kappa shape index (κ2) is 9.09. The molecule has 0 aliphatic carbocycles. The Labute approximate surface area is 183 Å². The number of nitrogens with zero attached hydrogens (tertiary/aromatic N) is 4. The summed E-state index contributed by atoms with van der Waals surface area (Å²) in [6.45, 7) is 3.20. The van der Waals surface area contributed by atoms with Crippen molar-refractivity contribution in [2.24, 2.45) is 0 Å². The average molecular weight is 444 g/mol. The number of nitrogens with one attached hydrogen (secondary N) is 1. The lowest BCUT2D eigenvalue weighted by Gasteiger charge is -2.25. The van der Waals surface area contributed by atoms with Gasteiger partial charge in [0.15, 0.2) is 5.16 Å². The van der Waals surface area contributed by atoms with E-state index in [4.69, 9.17) is 0 Å². The van der Waals surface area contributed by atoms with E-state index in [0.29, 0.717) is 23.9 Å². The number of likely N-dealkylation sites (tertiary alicyclic amines) is 1. The molecule has 156 valence electrons. The van der Waals surface area contributed by atoms with Crippen molar-refractivity contribution in [1.82, 2.24) is 19.9 Å². The summed E-state index contributed by atoms with van der Waals surface area (Å²) in [7, 11) is 0. The van der Waals surface area contributed by atoms with Crippen LogP contribution in [0.3, 0.4) is 0 Å². The number of anilines is 1. The quantitative estimate of drug-likeness (QED) is 0.447. The van der Waals surface area contributed by atoms with Gasteiger partial charge >= 0.3 is 0 Å². The van der Waals surface area contributed by atoms with Crippen LogP contribution in [0.15, 0.2) is 41.7 Å². The predicted octanol–water partition coefficient (Wildman–Crippen LogP) is 4.49. The van der Waals surface area contributed by atoms with E-state index in [1.165, 1.54) is 35.2 Å². The van der Waals surface area contributed by atoms with Gasteiger partial charge < -0.3 is 10.2 Å². The Hall–Kier alpha value is -2.52. The Morgan fingerprint density at radius 1 is 1.30 bits per heavy atom. The van der Waals surface area contributed by atoms with Crippen molar-refractivity contribution < 1.29 is 9.18 Å². The maximum atomic E-state index is 13.4. The molecule has 1 aliphatic rings. The third-order valence-corrected chi connectivity index (χ3v) is 6.60. The topological polar surface area (TPSA) is 71.0 Å². The molecule has 0 bridgehead atoms. The second-order valence-electron chi connectivity index (χ2n) is 7.02. The van der Waals surface area contributed by atoms with E-state index < -0.39 is 0 Å². The van der Waals surface area contributed by atoms with Gasteiger partial charge in [0, 0.05) is 25.3 Å². The SMILES string of the molecule is CSc1nccc(NC[C@@H]2CCCN2C(=O)c2nc(C)sc2-c2ccc(F)cc2)n1. The van der Waals surface area contributed by atoms with E-state index in [2.05, 4.69) is 20.3 Å². The minimum atomic E-state index is -0.298. The molecule has 1 amide bonds. The summed E-state index contributed by atoms with van der Waals surface area (Å²) in [6.07, 6.45) is 5.54. The molecule has 1 atom stereocenters. The van der Waals surface area contributed by atoms with E-state index in [-0.39, 0.29) is 17.8 Å². The number of amides is 1. The molecule has 3 heterocycles. The first-order valence-electron chi connectivity index (χ1n) is 9.70. The molecule has 2 aromatic heterocycles. The van der Waals surface area contributed by atoms with E-state index in [0.717, 1.165) is 34.1 Å². The van der Waals surface area contributed by atoms with Crippen molar-refractivity contribution >= 4 is 34.8 Å². The molecule has 1 N–H and O–H groups in total. The molecule has 3 aromatic rings. The molecule has 0 radical (unpaired) electrons. The standard InChI is InChI=1S/C21H22FN5OS2/c1-13-25-18(19(30-13)14-5-7-15(22)8-6-14)20(28)27-11-3-4-16(27)12-24-17-9-10-23-21(26-17)29-2/h5-10,16H,3-4,11-12H2,1-2H3,(H,23,24,26)/t16-/m0/s1. The fraction of sp³-hybridized carbons (Fsp3) is 0.333. The van der Waals surface area contributed by atoms with Crippen LogP contribution < -0.4 is 5.32 Å². The lowest BCUT2D eigenvalue weighted by molar-refractivity contribution is 0.0739. The highest BCUT2D eigenvalue weighted by Gasteiger charge is 2.32. The summed E-state index contributed by atoms with van der Waals surface area (Å²) in [5, 5.41) is 4.86. The van der Waals surface area contributed by atoms with Crippen molar-refractivity contribution in [3.8, 4) is 10.4 Å². The highest BCUT2D eigenvalue weighted by atomic mass is 32.2. The maximum absolute atomic E-state index is 13.4. The van der Waals surface area contributed by atoms with Gasteiger partial charge in [-0.3, -0.25) is 4.79 Å². The van der Waals surface area contributed by atoms with Crippen LogP contribution in [-0.4, -0.2) is 51.1 Å². The van der Waals surface area contributed by atoms with Gasteiger partial charge in [-0.25, -0.2) is 19.3 Å². The van der Waals surface area contributed by atoms with Crippen molar-refractivity contribution in [2.75, 3.05) is 24.7 Å². The van der Waals surface area contributed by atoms with Crippen LogP contribution in [0.1, 0.15) is 28.3 Å². The van der Waals surface area contributed by atoms with Gasteiger partial charge in [0.1, 0.15) is 17.3 Å². The number of thiazole rings is 1. The van der Waals surface area contributed by atoms with E-state index in [9.17, 15) is 9.18 Å². The molecule has 1 aliphatic heterocycles. The first-order chi connectivity index (χ1) is 14.5. The third kappa shape index (κ3) is 4.46. The smallest absolute Gasteiger partial charge is 0.274 e. The summed E-state index contributed by atoms with van der Waals surface area (Å²) in [4.78, 5) is 29.2. The Bertz CT molecular complexity index is 1040. The molecule has 4 rings (SSSR count). The lowest BCUT2D eigenvalue weighted by Crippen LogP contribution is -2.40. The van der Waals surface area contributed by atoms with Crippen molar-refractivity contribution in [3.05, 3.63) is 53.0 Å².